The Morgan fingerprint density at radius 3 is 2.32 bits per heavy atom. The van der Waals surface area contributed by atoms with Crippen LogP contribution in [-0.4, -0.2) is 0 Å². The third-order valence-corrected chi connectivity index (χ3v) is 3.62. The molecule has 0 fully saturated rings. The summed E-state index contributed by atoms with van der Waals surface area (Å²) in [5.41, 5.74) is 4.33. The van der Waals surface area contributed by atoms with E-state index in [9.17, 15) is 4.39 Å². The molecule has 25 heavy (non-hydrogen) atoms. The Bertz CT molecular complexity index is 597. The van der Waals surface area contributed by atoms with Gasteiger partial charge in [-0.2, -0.15) is 0 Å². The second-order valence-corrected chi connectivity index (χ2v) is 5.70. The second kappa shape index (κ2) is 14.2. The van der Waals surface area contributed by atoms with Crippen molar-refractivity contribution in [2.24, 2.45) is 0 Å². The Balaban J connectivity index is 0.00000277. The molecule has 0 radical (unpaired) electrons. The summed E-state index contributed by atoms with van der Waals surface area (Å²) in [6.07, 6.45) is 12.4. The first-order valence-corrected chi connectivity index (χ1v) is 9.07. The molecule has 1 aromatic rings. The molecule has 0 aliphatic rings. The Morgan fingerprint density at radius 2 is 1.76 bits per heavy atom. The highest BCUT2D eigenvalue weighted by molar-refractivity contribution is 5.29. The van der Waals surface area contributed by atoms with Gasteiger partial charge in [0.1, 0.15) is 5.83 Å². The summed E-state index contributed by atoms with van der Waals surface area (Å²) in [6, 6.07) is 7.95. The summed E-state index contributed by atoms with van der Waals surface area (Å²) < 4.78 is 14.0. The van der Waals surface area contributed by atoms with E-state index >= 15 is 0 Å². The van der Waals surface area contributed by atoms with Gasteiger partial charge in [0, 0.05) is 6.42 Å². The predicted molar refractivity (Wildman–Crippen MR) is 112 cm³/mol. The molecule has 0 saturated heterocycles. The van der Waals surface area contributed by atoms with Crippen molar-refractivity contribution >= 4 is 0 Å². The van der Waals surface area contributed by atoms with Crippen LogP contribution in [0.3, 0.4) is 0 Å². The van der Waals surface area contributed by atoms with Crippen molar-refractivity contribution in [1.82, 2.24) is 0 Å². The van der Waals surface area contributed by atoms with E-state index in [1.807, 2.05) is 64.1 Å². The lowest BCUT2D eigenvalue weighted by atomic mass is 10.1. The highest BCUT2D eigenvalue weighted by Gasteiger charge is 1.99. The number of aryl methyl sites for hydroxylation is 1. The maximum Gasteiger partial charge on any atom is 0.101 e. The third kappa shape index (κ3) is 11.1. The van der Waals surface area contributed by atoms with Gasteiger partial charge in [0.05, 0.1) is 0 Å². The van der Waals surface area contributed by atoms with Crippen LogP contribution in [0.25, 0.3) is 0 Å². The van der Waals surface area contributed by atoms with Crippen LogP contribution in [0.4, 0.5) is 4.39 Å². The highest BCUT2D eigenvalue weighted by atomic mass is 19.1. The van der Waals surface area contributed by atoms with Crippen LogP contribution in [0.1, 0.15) is 51.2 Å². The molecular formula is C24H33F. The van der Waals surface area contributed by atoms with Gasteiger partial charge in [-0.15, -0.1) is 6.58 Å². The van der Waals surface area contributed by atoms with Gasteiger partial charge in [0.2, 0.25) is 0 Å². The van der Waals surface area contributed by atoms with Crippen LogP contribution in [0.15, 0.2) is 84.8 Å². The fraction of sp³-hybridized carbons (Fsp3) is 0.333. The molecular weight excluding hydrogens is 307 g/mol. The van der Waals surface area contributed by atoms with Gasteiger partial charge in [-0.1, -0.05) is 85.7 Å². The molecule has 136 valence electrons. The summed E-state index contributed by atoms with van der Waals surface area (Å²) in [5, 5.41) is 0. The first-order valence-electron chi connectivity index (χ1n) is 9.07. The van der Waals surface area contributed by atoms with E-state index in [1.54, 1.807) is 6.08 Å². The number of allylic oxidation sites excluding steroid dienone is 8. The van der Waals surface area contributed by atoms with E-state index < -0.39 is 0 Å². The Hall–Kier alpha value is -2.15. The van der Waals surface area contributed by atoms with Crippen molar-refractivity contribution in [2.75, 3.05) is 0 Å². The molecule has 0 spiro atoms. The Kier molecular flexibility index (Phi) is 13.0. The molecule has 1 aromatic carbocycles. The van der Waals surface area contributed by atoms with Crippen molar-refractivity contribution in [1.29, 1.82) is 0 Å². The Labute approximate surface area is 154 Å². The van der Waals surface area contributed by atoms with Crippen LogP contribution in [0, 0.1) is 6.92 Å². The average molecular weight is 341 g/mol. The monoisotopic (exact) mass is 340 g/mol. The maximum atomic E-state index is 14.0. The first-order chi connectivity index (χ1) is 12.0. The molecule has 1 rings (SSSR count). The van der Waals surface area contributed by atoms with Gasteiger partial charge in [-0.3, -0.25) is 0 Å². The smallest absolute Gasteiger partial charge is 0.101 e. The van der Waals surface area contributed by atoms with Crippen molar-refractivity contribution in [3.63, 3.8) is 0 Å². The molecule has 0 saturated carbocycles. The molecule has 0 N–H and O–H groups in total. The SMILES string of the molecule is C=CCCC(/C=C\C(=C)C/C=C(/F)Cc1ccc(C)cc1)=C/C.CC. The number of benzene rings is 1. The summed E-state index contributed by atoms with van der Waals surface area (Å²) in [4.78, 5) is 0. The van der Waals surface area contributed by atoms with Crippen molar-refractivity contribution in [3.8, 4) is 0 Å². The minimum Gasteiger partial charge on any atom is -0.212 e. The lowest BCUT2D eigenvalue weighted by Crippen LogP contribution is -1.86. The van der Waals surface area contributed by atoms with Crippen LogP contribution in [-0.2, 0) is 6.42 Å². The molecule has 1 heteroatoms. The fourth-order valence-electron chi connectivity index (χ4n) is 2.10. The lowest BCUT2D eigenvalue weighted by molar-refractivity contribution is 0.607. The maximum absolute atomic E-state index is 14.0. The highest BCUT2D eigenvalue weighted by Crippen LogP contribution is 2.14. The molecule has 0 aliphatic carbocycles. The van der Waals surface area contributed by atoms with Crippen LogP contribution in [0.5, 0.6) is 0 Å². The molecule has 0 nitrogen and oxygen atoms in total. The zero-order valence-corrected chi connectivity index (χ0v) is 16.3. The largest absolute Gasteiger partial charge is 0.212 e. The predicted octanol–water partition coefficient (Wildman–Crippen LogP) is 7.83. The third-order valence-electron chi connectivity index (χ3n) is 3.62. The molecule has 0 bridgehead atoms. The second-order valence-electron chi connectivity index (χ2n) is 5.70. The van der Waals surface area contributed by atoms with E-state index in [0.717, 1.165) is 24.0 Å². The van der Waals surface area contributed by atoms with Gasteiger partial charge < -0.3 is 0 Å². The summed E-state index contributed by atoms with van der Waals surface area (Å²) >= 11 is 0. The summed E-state index contributed by atoms with van der Waals surface area (Å²) in [7, 11) is 0. The van der Waals surface area contributed by atoms with E-state index in [2.05, 4.69) is 25.3 Å². The minimum absolute atomic E-state index is 0.110. The van der Waals surface area contributed by atoms with Crippen LogP contribution < -0.4 is 0 Å². The number of halogens is 1. The molecule has 0 unspecified atom stereocenters. The van der Waals surface area contributed by atoms with Crippen molar-refractivity contribution < 1.29 is 4.39 Å². The normalized spacial score (nSPS) is 11.9. The van der Waals surface area contributed by atoms with Crippen molar-refractivity contribution in [3.05, 3.63) is 95.9 Å². The summed E-state index contributed by atoms with van der Waals surface area (Å²) in [5.74, 6) is -0.110. The molecule has 0 amide bonds. The molecule has 0 heterocycles. The first kappa shape index (κ1) is 22.9. The van der Waals surface area contributed by atoms with Gasteiger partial charge in [0.25, 0.3) is 0 Å². The lowest BCUT2D eigenvalue weighted by Gasteiger charge is -2.01. The van der Waals surface area contributed by atoms with E-state index in [-0.39, 0.29) is 5.83 Å². The standard InChI is InChI=1S/C22H27F.C2H6/c1-5-7-8-20(6-2)13-9-19(4)12-16-22(23)17-21-14-10-18(3)11-15-21;1-2/h5-6,9-11,13-16H,1,4,7-8,12,17H2,2-3H3;1-2H3/b13-9-,20-6-,22-16+;. The molecule has 0 aromatic heterocycles. The number of hydrogen-bond donors (Lipinski definition) is 0. The van der Waals surface area contributed by atoms with E-state index in [1.165, 1.54) is 11.1 Å². The van der Waals surface area contributed by atoms with E-state index in [4.69, 9.17) is 0 Å². The summed E-state index contributed by atoms with van der Waals surface area (Å²) in [6.45, 7) is 15.8. The molecule has 0 atom stereocenters. The van der Waals surface area contributed by atoms with Gasteiger partial charge in [-0.05, 0) is 44.7 Å². The molecule has 0 aliphatic heterocycles. The van der Waals surface area contributed by atoms with Gasteiger partial charge >= 0.3 is 0 Å². The zero-order chi connectivity index (χ0) is 19.1. The van der Waals surface area contributed by atoms with Gasteiger partial charge in [-0.25, -0.2) is 4.39 Å². The zero-order valence-electron chi connectivity index (χ0n) is 16.3. The quantitative estimate of drug-likeness (QED) is 0.317. The van der Waals surface area contributed by atoms with Crippen molar-refractivity contribution in [2.45, 2.75) is 53.4 Å². The number of rotatable bonds is 9. The number of hydrogen-bond acceptors (Lipinski definition) is 0. The fourth-order valence-corrected chi connectivity index (χ4v) is 2.10. The van der Waals surface area contributed by atoms with Crippen LogP contribution in [0.2, 0.25) is 0 Å². The van der Waals surface area contributed by atoms with E-state index in [0.29, 0.717) is 12.8 Å². The topological polar surface area (TPSA) is 0 Å². The van der Waals surface area contributed by atoms with Gasteiger partial charge in [0.15, 0.2) is 0 Å². The average Bonchev–Trinajstić information content (AvgIpc) is 2.64. The Morgan fingerprint density at radius 1 is 1.12 bits per heavy atom. The minimum atomic E-state index is -0.110. The van der Waals surface area contributed by atoms with Crippen LogP contribution >= 0.6 is 0 Å².